The number of likely N-dealkylation sites (N-methyl/N-ethyl adjacent to an activating group) is 1. The molecule has 0 radical (unpaired) electrons. The third kappa shape index (κ3) is 5.08. The number of fused-ring (bicyclic) bond motifs is 1. The molecule has 1 atom stereocenters. The summed E-state index contributed by atoms with van der Waals surface area (Å²) in [5.74, 6) is -1.11. The molecular weight excluding hydrogens is 442 g/mol. The zero-order chi connectivity index (χ0) is 24.2. The van der Waals surface area contributed by atoms with Gasteiger partial charge in [-0.2, -0.15) is 0 Å². The molecule has 0 bridgehead atoms. The summed E-state index contributed by atoms with van der Waals surface area (Å²) in [7, 11) is -3.91. The van der Waals surface area contributed by atoms with Crippen LogP contribution in [0.2, 0.25) is 0 Å². The van der Waals surface area contributed by atoms with Gasteiger partial charge in [-0.05, 0) is 50.5 Å². The van der Waals surface area contributed by atoms with Crippen molar-refractivity contribution in [1.29, 1.82) is 0 Å². The summed E-state index contributed by atoms with van der Waals surface area (Å²) in [4.78, 5) is 39.7. The lowest BCUT2D eigenvalue weighted by Gasteiger charge is -2.29. The first-order valence-electron chi connectivity index (χ1n) is 11.0. The van der Waals surface area contributed by atoms with E-state index in [-0.39, 0.29) is 48.2 Å². The Morgan fingerprint density at radius 1 is 1.09 bits per heavy atom. The van der Waals surface area contributed by atoms with Gasteiger partial charge < -0.3 is 10.2 Å². The first kappa shape index (κ1) is 24.4. The molecule has 1 aliphatic heterocycles. The van der Waals surface area contributed by atoms with Crippen LogP contribution in [0.1, 0.15) is 48.2 Å². The van der Waals surface area contributed by atoms with E-state index in [1.54, 1.807) is 19.1 Å². The predicted molar refractivity (Wildman–Crippen MR) is 124 cm³/mol. The van der Waals surface area contributed by atoms with Crippen molar-refractivity contribution >= 4 is 27.7 Å². The molecule has 2 aromatic carbocycles. The van der Waals surface area contributed by atoms with Gasteiger partial charge in [0.25, 0.3) is 15.9 Å². The Hall–Kier alpha value is -3.20. The molecular formula is C24H29N3O5S. The fourth-order valence-electron chi connectivity index (χ4n) is 3.85. The number of nitrogens with zero attached hydrogens (tertiary/aromatic N) is 2. The molecule has 8 nitrogen and oxygen atoms in total. The van der Waals surface area contributed by atoms with Gasteiger partial charge in [-0.15, -0.1) is 0 Å². The first-order chi connectivity index (χ1) is 15.7. The van der Waals surface area contributed by atoms with Crippen molar-refractivity contribution < 1.29 is 22.8 Å². The summed E-state index contributed by atoms with van der Waals surface area (Å²) in [6, 6.07) is 13.0. The van der Waals surface area contributed by atoms with Gasteiger partial charge in [0, 0.05) is 26.1 Å². The van der Waals surface area contributed by atoms with Crippen molar-refractivity contribution in [2.75, 3.05) is 13.1 Å². The zero-order valence-corrected chi connectivity index (χ0v) is 19.9. The highest BCUT2D eigenvalue weighted by Gasteiger charge is 2.40. The molecule has 1 N–H and O–H groups in total. The maximum Gasteiger partial charge on any atom is 0.269 e. The predicted octanol–water partition coefficient (Wildman–Crippen LogP) is 2.47. The van der Waals surface area contributed by atoms with Gasteiger partial charge in [0.05, 0.1) is 5.56 Å². The Morgan fingerprint density at radius 2 is 1.76 bits per heavy atom. The fourth-order valence-corrected chi connectivity index (χ4v) is 5.45. The third-order valence-corrected chi connectivity index (χ3v) is 7.62. The lowest BCUT2D eigenvalue weighted by Crippen LogP contribution is -2.47. The molecule has 9 heteroatoms. The lowest BCUT2D eigenvalue weighted by molar-refractivity contribution is -0.140. The molecule has 0 saturated heterocycles. The maximum absolute atomic E-state index is 13.1. The van der Waals surface area contributed by atoms with Gasteiger partial charge in [-0.25, -0.2) is 12.7 Å². The molecule has 0 aromatic heterocycles. The number of carbonyl (C=O) groups is 3. The highest BCUT2D eigenvalue weighted by Crippen LogP contribution is 2.30. The number of hydrogen-bond acceptors (Lipinski definition) is 5. The van der Waals surface area contributed by atoms with Crippen LogP contribution in [0.5, 0.6) is 0 Å². The van der Waals surface area contributed by atoms with Crippen molar-refractivity contribution in [3.63, 3.8) is 0 Å². The molecule has 0 unspecified atom stereocenters. The van der Waals surface area contributed by atoms with E-state index in [2.05, 4.69) is 5.32 Å². The topological polar surface area (TPSA) is 104 Å². The van der Waals surface area contributed by atoms with Crippen molar-refractivity contribution in [2.24, 2.45) is 0 Å². The Kier molecular flexibility index (Phi) is 7.53. The van der Waals surface area contributed by atoms with E-state index in [0.29, 0.717) is 6.54 Å². The Bertz CT molecular complexity index is 1160. The van der Waals surface area contributed by atoms with Crippen LogP contribution in [0, 0.1) is 6.92 Å². The molecule has 2 aromatic rings. The molecule has 0 fully saturated rings. The molecule has 176 valence electrons. The standard InChI is InChI=1S/C24H29N3O5S/c1-4-25-23(29)18(3)26(16-19-11-6-5-10-17(19)2)22(28)14-9-15-27-24(30)20-12-7-8-13-21(20)33(27,31)32/h5-8,10-13,18H,4,9,14-16H2,1-3H3,(H,25,29)/t18-/m1/s1. The maximum atomic E-state index is 13.1. The average Bonchev–Trinajstić information content (AvgIpc) is 2.99. The second-order valence-corrected chi connectivity index (χ2v) is 9.83. The number of nitrogens with one attached hydrogen (secondary N) is 1. The summed E-state index contributed by atoms with van der Waals surface area (Å²) in [6.45, 7) is 6.03. The average molecular weight is 472 g/mol. The van der Waals surface area contributed by atoms with Crippen LogP contribution < -0.4 is 5.32 Å². The Morgan fingerprint density at radius 3 is 2.42 bits per heavy atom. The smallest absolute Gasteiger partial charge is 0.269 e. The monoisotopic (exact) mass is 471 g/mol. The minimum absolute atomic E-state index is 0.00523. The lowest BCUT2D eigenvalue weighted by atomic mass is 10.1. The van der Waals surface area contributed by atoms with E-state index in [4.69, 9.17) is 0 Å². The van der Waals surface area contributed by atoms with Gasteiger partial charge in [0.1, 0.15) is 10.9 Å². The second-order valence-electron chi connectivity index (χ2n) is 8.00. The molecule has 33 heavy (non-hydrogen) atoms. The number of amides is 3. The highest BCUT2D eigenvalue weighted by atomic mass is 32.2. The molecule has 0 aliphatic carbocycles. The summed E-state index contributed by atoms with van der Waals surface area (Å²) in [5.41, 5.74) is 2.08. The van der Waals surface area contributed by atoms with Crippen LogP contribution in [0.15, 0.2) is 53.4 Å². The third-order valence-electron chi connectivity index (χ3n) is 5.78. The van der Waals surface area contributed by atoms with Gasteiger partial charge in [0.15, 0.2) is 0 Å². The molecule has 3 rings (SSSR count). The second kappa shape index (κ2) is 10.2. The summed E-state index contributed by atoms with van der Waals surface area (Å²) < 4.78 is 26.2. The minimum atomic E-state index is -3.91. The van der Waals surface area contributed by atoms with Crippen LogP contribution in [0.25, 0.3) is 0 Å². The number of benzene rings is 2. The first-order valence-corrected chi connectivity index (χ1v) is 12.4. The van der Waals surface area contributed by atoms with Crippen molar-refractivity contribution in [3.8, 4) is 0 Å². The van der Waals surface area contributed by atoms with E-state index in [9.17, 15) is 22.8 Å². The molecule has 0 saturated carbocycles. The summed E-state index contributed by atoms with van der Waals surface area (Å²) in [5, 5.41) is 2.74. The van der Waals surface area contributed by atoms with Gasteiger partial charge in [-0.3, -0.25) is 14.4 Å². The fraction of sp³-hybridized carbons (Fsp3) is 0.375. The molecule has 0 spiro atoms. The quantitative estimate of drug-likeness (QED) is 0.605. The number of carbonyl (C=O) groups excluding carboxylic acids is 3. The van der Waals surface area contributed by atoms with Crippen LogP contribution in [-0.2, 0) is 26.2 Å². The molecule has 1 heterocycles. The largest absolute Gasteiger partial charge is 0.355 e. The van der Waals surface area contributed by atoms with Gasteiger partial charge >= 0.3 is 0 Å². The van der Waals surface area contributed by atoms with Gasteiger partial charge in [-0.1, -0.05) is 36.4 Å². The van der Waals surface area contributed by atoms with Crippen molar-refractivity contribution in [1.82, 2.24) is 14.5 Å². The van der Waals surface area contributed by atoms with Crippen LogP contribution >= 0.6 is 0 Å². The van der Waals surface area contributed by atoms with Crippen molar-refractivity contribution in [3.05, 3.63) is 65.2 Å². The minimum Gasteiger partial charge on any atom is -0.355 e. The van der Waals surface area contributed by atoms with E-state index >= 15 is 0 Å². The Balaban J connectivity index is 1.71. The van der Waals surface area contributed by atoms with Crippen LogP contribution in [-0.4, -0.2) is 54.5 Å². The van der Waals surface area contributed by atoms with E-state index in [0.717, 1.165) is 15.4 Å². The number of hydrogen-bond donors (Lipinski definition) is 1. The SMILES string of the molecule is CCNC(=O)[C@@H](C)N(Cc1ccccc1C)C(=O)CCCN1C(=O)c2ccccc2S1(=O)=O. The number of aryl methyl sites for hydroxylation is 1. The highest BCUT2D eigenvalue weighted by molar-refractivity contribution is 7.90. The summed E-state index contributed by atoms with van der Waals surface area (Å²) in [6.07, 6.45) is 0.162. The van der Waals surface area contributed by atoms with Crippen LogP contribution in [0.4, 0.5) is 0 Å². The van der Waals surface area contributed by atoms with E-state index < -0.39 is 22.0 Å². The normalized spacial score (nSPS) is 15.1. The van der Waals surface area contributed by atoms with E-state index in [1.165, 1.54) is 17.0 Å². The molecule has 1 aliphatic rings. The summed E-state index contributed by atoms with van der Waals surface area (Å²) >= 11 is 0. The van der Waals surface area contributed by atoms with Crippen molar-refractivity contribution in [2.45, 2.75) is 51.1 Å². The van der Waals surface area contributed by atoms with Gasteiger partial charge in [0.2, 0.25) is 11.8 Å². The zero-order valence-electron chi connectivity index (χ0n) is 19.1. The number of sulfonamides is 1. The van der Waals surface area contributed by atoms with Crippen LogP contribution in [0.3, 0.4) is 0 Å². The molecule has 3 amide bonds. The Labute approximate surface area is 194 Å². The van der Waals surface area contributed by atoms with E-state index in [1.807, 2.05) is 38.1 Å². The number of rotatable bonds is 9.